The summed E-state index contributed by atoms with van der Waals surface area (Å²) >= 11 is 0. The first-order chi connectivity index (χ1) is 14.9. The molecule has 1 aliphatic carbocycles. The Morgan fingerprint density at radius 3 is 2.23 bits per heavy atom. The minimum atomic E-state index is -1.57. The number of carbonyl (C=O) groups is 3. The fraction of sp³-hybridized carbons (Fsp3) is 0.375. The largest absolute Gasteiger partial charge is 0.480 e. The average molecular weight is 424 g/mol. The van der Waals surface area contributed by atoms with E-state index in [2.05, 4.69) is 5.32 Å². The quantitative estimate of drug-likeness (QED) is 0.420. The van der Waals surface area contributed by atoms with E-state index in [1.807, 2.05) is 60.7 Å². The highest BCUT2D eigenvalue weighted by Crippen LogP contribution is 2.39. The van der Waals surface area contributed by atoms with Gasteiger partial charge in [0.1, 0.15) is 12.6 Å². The Hall–Kier alpha value is -3.19. The van der Waals surface area contributed by atoms with E-state index in [9.17, 15) is 19.5 Å². The Balaban J connectivity index is 1.70. The maximum Gasteiger partial charge on any atom is 0.326 e. The highest BCUT2D eigenvalue weighted by molar-refractivity contribution is 6.05. The predicted molar refractivity (Wildman–Crippen MR) is 115 cm³/mol. The van der Waals surface area contributed by atoms with Crippen LogP contribution in [0.3, 0.4) is 0 Å². The summed E-state index contributed by atoms with van der Waals surface area (Å²) < 4.78 is 5.45. The third kappa shape index (κ3) is 5.30. The number of nitrogens with two attached hydrogens (primary N) is 1. The van der Waals surface area contributed by atoms with Gasteiger partial charge in [0.2, 0.25) is 5.91 Å². The molecule has 2 aromatic rings. The molecule has 4 N–H and O–H groups in total. The zero-order chi connectivity index (χ0) is 22.3. The lowest BCUT2D eigenvalue weighted by Crippen LogP contribution is -2.57. The summed E-state index contributed by atoms with van der Waals surface area (Å²) in [6.45, 7) is 0.0256. The summed E-state index contributed by atoms with van der Waals surface area (Å²) in [6, 6.07) is 16.7. The first kappa shape index (κ1) is 22.5. The van der Waals surface area contributed by atoms with Crippen molar-refractivity contribution < 1.29 is 24.2 Å². The van der Waals surface area contributed by atoms with Crippen molar-refractivity contribution >= 4 is 17.8 Å². The molecule has 7 nitrogen and oxygen atoms in total. The van der Waals surface area contributed by atoms with Crippen LogP contribution in [0.25, 0.3) is 0 Å². The second-order valence-corrected chi connectivity index (χ2v) is 7.92. The van der Waals surface area contributed by atoms with E-state index in [1.165, 1.54) is 0 Å². The van der Waals surface area contributed by atoms with Crippen LogP contribution in [0.15, 0.2) is 60.7 Å². The van der Waals surface area contributed by atoms with Gasteiger partial charge in [0.05, 0.1) is 0 Å². The lowest BCUT2D eigenvalue weighted by Gasteiger charge is -2.31. The zero-order valence-corrected chi connectivity index (χ0v) is 17.3. The van der Waals surface area contributed by atoms with Crippen molar-refractivity contribution in [2.24, 2.45) is 11.1 Å². The van der Waals surface area contributed by atoms with Crippen molar-refractivity contribution in [2.75, 3.05) is 0 Å². The van der Waals surface area contributed by atoms with Crippen LogP contribution in [0, 0.1) is 5.41 Å². The second-order valence-electron chi connectivity index (χ2n) is 7.92. The van der Waals surface area contributed by atoms with Crippen molar-refractivity contribution in [1.29, 1.82) is 0 Å². The number of ether oxygens (including phenoxy) is 1. The molecule has 3 atom stereocenters. The molecular weight excluding hydrogens is 396 g/mol. The van der Waals surface area contributed by atoms with Crippen LogP contribution in [0.5, 0.6) is 0 Å². The Kier molecular flexibility index (Phi) is 7.41. The van der Waals surface area contributed by atoms with Gasteiger partial charge in [-0.3, -0.25) is 9.59 Å². The number of benzene rings is 2. The molecule has 0 heterocycles. The third-order valence-electron chi connectivity index (χ3n) is 5.87. The molecule has 0 bridgehead atoms. The highest BCUT2D eigenvalue weighted by Gasteiger charge is 2.55. The molecule has 31 heavy (non-hydrogen) atoms. The Labute approximate surface area is 181 Å². The number of amides is 1. The van der Waals surface area contributed by atoms with Crippen molar-refractivity contribution in [3.8, 4) is 0 Å². The number of nitrogens with one attached hydrogen (secondary N) is 1. The average Bonchev–Trinajstić information content (AvgIpc) is 3.18. The molecule has 0 aromatic heterocycles. The van der Waals surface area contributed by atoms with Gasteiger partial charge in [-0.15, -0.1) is 0 Å². The van der Waals surface area contributed by atoms with Crippen molar-refractivity contribution in [3.63, 3.8) is 0 Å². The monoisotopic (exact) mass is 424 g/mol. The molecule has 0 saturated heterocycles. The molecule has 2 unspecified atom stereocenters. The minimum absolute atomic E-state index is 0.0256. The number of hydrogen-bond donors (Lipinski definition) is 3. The van der Waals surface area contributed by atoms with Gasteiger partial charge < -0.3 is 20.9 Å². The molecule has 0 aliphatic heterocycles. The topological polar surface area (TPSA) is 119 Å². The number of carbonyl (C=O) groups excluding carboxylic acids is 2. The molecule has 1 aliphatic rings. The van der Waals surface area contributed by atoms with E-state index in [-0.39, 0.29) is 19.4 Å². The normalized spacial score (nSPS) is 21.3. The van der Waals surface area contributed by atoms with Crippen molar-refractivity contribution in [1.82, 2.24) is 5.32 Å². The van der Waals surface area contributed by atoms with E-state index in [0.717, 1.165) is 11.1 Å². The van der Waals surface area contributed by atoms with E-state index < -0.39 is 35.3 Å². The van der Waals surface area contributed by atoms with E-state index >= 15 is 0 Å². The second kappa shape index (κ2) is 10.2. The summed E-state index contributed by atoms with van der Waals surface area (Å²) in [6.07, 6.45) is 2.01. The molecule has 2 aromatic carbocycles. The van der Waals surface area contributed by atoms with Gasteiger partial charge in [0, 0.05) is 6.04 Å². The molecule has 164 valence electrons. The fourth-order valence-electron chi connectivity index (χ4n) is 4.01. The lowest BCUT2D eigenvalue weighted by atomic mass is 9.81. The molecule has 1 saturated carbocycles. The highest BCUT2D eigenvalue weighted by atomic mass is 16.5. The van der Waals surface area contributed by atoms with Crippen LogP contribution in [-0.2, 0) is 32.1 Å². The van der Waals surface area contributed by atoms with Crippen LogP contribution in [0.4, 0.5) is 0 Å². The molecule has 0 radical (unpaired) electrons. The molecule has 1 fully saturated rings. The summed E-state index contributed by atoms with van der Waals surface area (Å²) in [5.74, 6) is -2.52. The van der Waals surface area contributed by atoms with Crippen LogP contribution in [0.2, 0.25) is 0 Å². The molecule has 1 amide bonds. The van der Waals surface area contributed by atoms with Crippen LogP contribution in [0.1, 0.15) is 36.8 Å². The SMILES string of the molecule is NC1CCCC1(C(=O)N[C@@H](CCc1ccccc1)C(=O)O)C(=O)OCc1ccccc1. The van der Waals surface area contributed by atoms with Gasteiger partial charge in [0.25, 0.3) is 0 Å². The maximum atomic E-state index is 13.2. The standard InChI is InChI=1S/C24H28N2O5/c25-20-12-7-15-24(20,23(30)31-16-18-10-5-2-6-11-18)22(29)26-19(21(27)28)14-13-17-8-3-1-4-9-17/h1-6,8-11,19-20H,7,12-16,25H2,(H,26,29)(H,27,28)/t19-,20?,24?/m0/s1. The number of carboxylic acids is 1. The summed E-state index contributed by atoms with van der Waals surface area (Å²) in [4.78, 5) is 38.0. The van der Waals surface area contributed by atoms with E-state index in [0.29, 0.717) is 19.3 Å². The first-order valence-electron chi connectivity index (χ1n) is 10.5. The first-order valence-corrected chi connectivity index (χ1v) is 10.5. The predicted octanol–water partition coefficient (Wildman–Crippen LogP) is 2.43. The van der Waals surface area contributed by atoms with E-state index in [1.54, 1.807) is 0 Å². The Morgan fingerprint density at radius 2 is 1.68 bits per heavy atom. The molecular formula is C24H28N2O5. The Morgan fingerprint density at radius 1 is 1.06 bits per heavy atom. The lowest BCUT2D eigenvalue weighted by molar-refractivity contribution is -0.164. The summed E-state index contributed by atoms with van der Waals surface area (Å²) in [5.41, 5.74) is 6.38. The number of carboxylic acid groups (broad SMARTS) is 1. The number of aryl methyl sites for hydroxylation is 1. The summed E-state index contributed by atoms with van der Waals surface area (Å²) in [7, 11) is 0. The molecule has 3 rings (SSSR count). The van der Waals surface area contributed by atoms with Crippen LogP contribution >= 0.6 is 0 Å². The smallest absolute Gasteiger partial charge is 0.326 e. The van der Waals surface area contributed by atoms with Crippen LogP contribution < -0.4 is 11.1 Å². The van der Waals surface area contributed by atoms with Gasteiger partial charge in [-0.05, 0) is 36.8 Å². The van der Waals surface area contributed by atoms with Crippen LogP contribution in [-0.4, -0.2) is 35.0 Å². The molecule has 7 heteroatoms. The number of esters is 1. The third-order valence-corrected chi connectivity index (χ3v) is 5.87. The Bertz CT molecular complexity index is 903. The molecule has 0 spiro atoms. The zero-order valence-electron chi connectivity index (χ0n) is 17.3. The van der Waals surface area contributed by atoms with Gasteiger partial charge in [-0.25, -0.2) is 4.79 Å². The minimum Gasteiger partial charge on any atom is -0.480 e. The van der Waals surface area contributed by atoms with Gasteiger partial charge in [0.15, 0.2) is 5.41 Å². The van der Waals surface area contributed by atoms with Gasteiger partial charge in [-0.2, -0.15) is 0 Å². The number of hydrogen-bond acceptors (Lipinski definition) is 5. The number of aliphatic carboxylic acids is 1. The van der Waals surface area contributed by atoms with Gasteiger partial charge >= 0.3 is 11.9 Å². The van der Waals surface area contributed by atoms with Gasteiger partial charge in [-0.1, -0.05) is 67.1 Å². The van der Waals surface area contributed by atoms with Crippen molar-refractivity contribution in [2.45, 2.75) is 50.8 Å². The summed E-state index contributed by atoms with van der Waals surface area (Å²) in [5, 5.41) is 12.2. The maximum absolute atomic E-state index is 13.2. The number of rotatable bonds is 9. The van der Waals surface area contributed by atoms with Crippen molar-refractivity contribution in [3.05, 3.63) is 71.8 Å². The fourth-order valence-corrected chi connectivity index (χ4v) is 4.01. The van der Waals surface area contributed by atoms with E-state index in [4.69, 9.17) is 10.5 Å².